The molecular formula is C21H23N3O2. The molecule has 0 unspecified atom stereocenters. The van der Waals surface area contributed by atoms with Gasteiger partial charge < -0.3 is 10.4 Å². The Balaban J connectivity index is 1.64. The van der Waals surface area contributed by atoms with Crippen molar-refractivity contribution in [2.45, 2.75) is 26.5 Å². The van der Waals surface area contributed by atoms with Crippen LogP contribution in [0.4, 0.5) is 0 Å². The molecular weight excluding hydrogens is 326 g/mol. The number of aromatic nitrogens is 2. The molecule has 1 aromatic heterocycles. The third kappa shape index (κ3) is 4.37. The number of aryl methyl sites for hydroxylation is 2. The Hall–Kier alpha value is -2.92. The average Bonchev–Trinajstić information content (AvgIpc) is 2.97. The summed E-state index contributed by atoms with van der Waals surface area (Å²) in [6, 6.07) is 18.8. The maximum atomic E-state index is 12.4. The monoisotopic (exact) mass is 349 g/mol. The molecule has 0 bridgehead atoms. The zero-order valence-electron chi connectivity index (χ0n) is 15.0. The number of hydrogen-bond donors (Lipinski definition) is 2. The van der Waals surface area contributed by atoms with Crippen molar-refractivity contribution >= 4 is 5.91 Å². The van der Waals surface area contributed by atoms with E-state index in [4.69, 9.17) is 0 Å². The number of rotatable bonds is 6. The van der Waals surface area contributed by atoms with E-state index in [-0.39, 0.29) is 12.5 Å². The molecule has 1 heterocycles. The van der Waals surface area contributed by atoms with Gasteiger partial charge in [-0.05, 0) is 43.2 Å². The van der Waals surface area contributed by atoms with Crippen LogP contribution in [0.3, 0.4) is 0 Å². The second-order valence-corrected chi connectivity index (χ2v) is 6.42. The molecule has 0 aliphatic carbocycles. The zero-order chi connectivity index (χ0) is 18.5. The topological polar surface area (TPSA) is 67.2 Å². The number of nitrogens with zero attached hydrogens (tertiary/aromatic N) is 2. The number of benzene rings is 2. The van der Waals surface area contributed by atoms with Crippen LogP contribution in [0.1, 0.15) is 39.0 Å². The lowest BCUT2D eigenvalue weighted by molar-refractivity contribution is 0.0916. The summed E-state index contributed by atoms with van der Waals surface area (Å²) in [6.45, 7) is 4.77. The van der Waals surface area contributed by atoms with E-state index >= 15 is 0 Å². The van der Waals surface area contributed by atoms with Crippen LogP contribution in [0.25, 0.3) is 0 Å². The van der Waals surface area contributed by atoms with Crippen molar-refractivity contribution in [1.82, 2.24) is 15.1 Å². The molecule has 0 saturated carbocycles. The highest BCUT2D eigenvalue weighted by Crippen LogP contribution is 2.12. The first-order valence-corrected chi connectivity index (χ1v) is 8.64. The number of aliphatic hydroxyl groups is 1. The predicted molar refractivity (Wildman–Crippen MR) is 101 cm³/mol. The Labute approximate surface area is 153 Å². The van der Waals surface area contributed by atoms with Crippen molar-refractivity contribution in [2.24, 2.45) is 0 Å². The average molecular weight is 349 g/mol. The number of nitrogens with one attached hydrogen (secondary N) is 1. The van der Waals surface area contributed by atoms with Gasteiger partial charge in [-0.25, -0.2) is 0 Å². The second-order valence-electron chi connectivity index (χ2n) is 6.42. The minimum absolute atomic E-state index is 0.171. The van der Waals surface area contributed by atoms with Gasteiger partial charge in [-0.1, -0.05) is 42.5 Å². The zero-order valence-corrected chi connectivity index (χ0v) is 15.0. The standard InChI is InChI=1S/C21H23N3O2/c1-15-11-16(2)24(23-15)14-17-7-6-10-19(12-17)21(26)22-13-20(25)18-8-4-3-5-9-18/h3-12,20,25H,13-14H2,1-2H3,(H,22,26)/t20-/m0/s1. The Kier molecular flexibility index (Phi) is 5.49. The Morgan fingerprint density at radius 1 is 1.12 bits per heavy atom. The van der Waals surface area contributed by atoms with E-state index in [1.54, 1.807) is 6.07 Å². The molecule has 0 saturated heterocycles. The van der Waals surface area contributed by atoms with Gasteiger partial charge in [-0.2, -0.15) is 5.10 Å². The minimum atomic E-state index is -0.724. The fourth-order valence-electron chi connectivity index (χ4n) is 2.90. The summed E-state index contributed by atoms with van der Waals surface area (Å²) in [5.41, 5.74) is 4.43. The second kappa shape index (κ2) is 7.97. The molecule has 1 atom stereocenters. The number of hydrogen-bond acceptors (Lipinski definition) is 3. The summed E-state index contributed by atoms with van der Waals surface area (Å²) in [6.07, 6.45) is -0.724. The third-order valence-electron chi connectivity index (χ3n) is 4.27. The predicted octanol–water partition coefficient (Wildman–Crippen LogP) is 3.01. The van der Waals surface area contributed by atoms with Gasteiger partial charge in [0.15, 0.2) is 0 Å². The molecule has 1 amide bonds. The van der Waals surface area contributed by atoms with E-state index in [2.05, 4.69) is 10.4 Å². The van der Waals surface area contributed by atoms with Crippen molar-refractivity contribution in [3.05, 3.63) is 88.7 Å². The molecule has 0 aliphatic rings. The molecule has 3 aromatic rings. The number of carbonyl (C=O) groups excluding carboxylic acids is 1. The maximum absolute atomic E-state index is 12.4. The number of aliphatic hydroxyl groups excluding tert-OH is 1. The summed E-state index contributed by atoms with van der Waals surface area (Å²) < 4.78 is 1.92. The van der Waals surface area contributed by atoms with Crippen LogP contribution in [0.15, 0.2) is 60.7 Å². The molecule has 2 N–H and O–H groups in total. The van der Waals surface area contributed by atoms with E-state index < -0.39 is 6.10 Å². The molecule has 2 aromatic carbocycles. The highest BCUT2D eigenvalue weighted by Gasteiger charge is 2.11. The van der Waals surface area contributed by atoms with Gasteiger partial charge in [0.25, 0.3) is 5.91 Å². The van der Waals surface area contributed by atoms with E-state index in [1.807, 2.05) is 73.1 Å². The van der Waals surface area contributed by atoms with Crippen molar-refractivity contribution in [3.63, 3.8) is 0 Å². The summed E-state index contributed by atoms with van der Waals surface area (Å²) in [7, 11) is 0. The largest absolute Gasteiger partial charge is 0.387 e. The first-order valence-electron chi connectivity index (χ1n) is 8.64. The van der Waals surface area contributed by atoms with Crippen molar-refractivity contribution in [3.8, 4) is 0 Å². The maximum Gasteiger partial charge on any atom is 0.251 e. The van der Waals surface area contributed by atoms with Crippen LogP contribution < -0.4 is 5.32 Å². The van der Waals surface area contributed by atoms with Crippen molar-refractivity contribution in [2.75, 3.05) is 6.54 Å². The fraction of sp³-hybridized carbons (Fsp3) is 0.238. The number of carbonyl (C=O) groups is 1. The van der Waals surface area contributed by atoms with Crippen molar-refractivity contribution < 1.29 is 9.90 Å². The van der Waals surface area contributed by atoms with Crippen LogP contribution in [0.5, 0.6) is 0 Å². The van der Waals surface area contributed by atoms with Crippen LogP contribution in [-0.4, -0.2) is 27.3 Å². The third-order valence-corrected chi connectivity index (χ3v) is 4.27. The summed E-state index contributed by atoms with van der Waals surface area (Å²) in [4.78, 5) is 12.4. The molecule has 134 valence electrons. The van der Waals surface area contributed by atoms with E-state index in [9.17, 15) is 9.90 Å². The minimum Gasteiger partial charge on any atom is -0.387 e. The van der Waals surface area contributed by atoms with E-state index in [0.717, 1.165) is 22.5 Å². The molecule has 5 nitrogen and oxygen atoms in total. The lowest BCUT2D eigenvalue weighted by Gasteiger charge is -2.13. The van der Waals surface area contributed by atoms with Gasteiger partial charge in [-0.15, -0.1) is 0 Å². The van der Waals surface area contributed by atoms with Crippen LogP contribution in [-0.2, 0) is 6.54 Å². The van der Waals surface area contributed by atoms with Gasteiger partial charge in [0.05, 0.1) is 18.3 Å². The quantitative estimate of drug-likeness (QED) is 0.719. The normalized spacial score (nSPS) is 12.0. The first kappa shape index (κ1) is 17.9. The molecule has 26 heavy (non-hydrogen) atoms. The number of amides is 1. The summed E-state index contributed by atoms with van der Waals surface area (Å²) >= 11 is 0. The van der Waals surface area contributed by atoms with Gasteiger partial charge in [0.2, 0.25) is 0 Å². The summed E-state index contributed by atoms with van der Waals surface area (Å²) in [5.74, 6) is -0.199. The van der Waals surface area contributed by atoms with Gasteiger partial charge in [-0.3, -0.25) is 9.48 Å². The molecule has 3 rings (SSSR count). The van der Waals surface area contributed by atoms with Gasteiger partial charge in [0.1, 0.15) is 0 Å². The highest BCUT2D eigenvalue weighted by atomic mass is 16.3. The lowest BCUT2D eigenvalue weighted by Crippen LogP contribution is -2.28. The SMILES string of the molecule is Cc1cc(C)n(Cc2cccc(C(=O)NC[C@H](O)c3ccccc3)c2)n1. The first-order chi connectivity index (χ1) is 12.5. The van der Waals surface area contributed by atoms with E-state index in [1.165, 1.54) is 0 Å². The smallest absolute Gasteiger partial charge is 0.251 e. The Morgan fingerprint density at radius 3 is 2.58 bits per heavy atom. The Morgan fingerprint density at radius 2 is 1.88 bits per heavy atom. The molecule has 5 heteroatoms. The van der Waals surface area contributed by atoms with Crippen LogP contribution in [0.2, 0.25) is 0 Å². The van der Waals surface area contributed by atoms with Crippen LogP contribution in [0, 0.1) is 13.8 Å². The fourth-order valence-corrected chi connectivity index (χ4v) is 2.90. The van der Waals surface area contributed by atoms with Gasteiger partial charge >= 0.3 is 0 Å². The van der Waals surface area contributed by atoms with Gasteiger partial charge in [0, 0.05) is 17.8 Å². The van der Waals surface area contributed by atoms with Crippen LogP contribution >= 0.6 is 0 Å². The lowest BCUT2D eigenvalue weighted by atomic mass is 10.1. The molecule has 0 radical (unpaired) electrons. The summed E-state index contributed by atoms with van der Waals surface area (Å²) in [5, 5.41) is 17.4. The van der Waals surface area contributed by atoms with E-state index in [0.29, 0.717) is 12.1 Å². The molecule has 0 fully saturated rings. The molecule has 0 spiro atoms. The van der Waals surface area contributed by atoms with Crippen molar-refractivity contribution in [1.29, 1.82) is 0 Å². The molecule has 0 aliphatic heterocycles. The highest BCUT2D eigenvalue weighted by molar-refractivity contribution is 5.94. The Bertz CT molecular complexity index is 887.